The quantitative estimate of drug-likeness (QED) is 0.0536. The third-order valence-electron chi connectivity index (χ3n) is 6.05. The van der Waals surface area contributed by atoms with Crippen molar-refractivity contribution in [3.05, 3.63) is 96.1 Å². The molecule has 0 aliphatic rings. The van der Waals surface area contributed by atoms with Crippen molar-refractivity contribution in [3.8, 4) is 24.7 Å². The minimum Gasteiger partial charge on any atom is -1.00 e. The van der Waals surface area contributed by atoms with E-state index in [4.69, 9.17) is 40.2 Å². The van der Waals surface area contributed by atoms with Gasteiger partial charge < -0.3 is 22.6 Å². The number of nitrogens with one attached hydrogen (secondary N) is 1. The van der Waals surface area contributed by atoms with E-state index in [0.717, 1.165) is 32.2 Å². The van der Waals surface area contributed by atoms with Crippen molar-refractivity contribution < 1.29 is 119 Å². The molecule has 218 valence electrons. The van der Waals surface area contributed by atoms with Crippen LogP contribution >= 0.6 is 11.6 Å². The number of nitrogens with two attached hydrogens (primary N) is 1. The molecule has 0 heterocycles. The first kappa shape index (κ1) is 44.6. The third kappa shape index (κ3) is 18.2. The zero-order valence-corrected chi connectivity index (χ0v) is 32.9. The molecule has 43 heavy (non-hydrogen) atoms. The fourth-order valence-corrected chi connectivity index (χ4v) is 4.20. The SMILES string of the molecule is C#CCCCCl.C#CCCCN[C@H](C)c1cccc2ccccc12.C[C@@H](N)c1cccc2ccccc12.O=CO[O-].[H-].[K+].[K+]. The first-order valence-electron chi connectivity index (χ1n) is 13.5. The van der Waals surface area contributed by atoms with E-state index in [0.29, 0.717) is 11.9 Å². The number of hydrogen-bond donors (Lipinski definition) is 2. The van der Waals surface area contributed by atoms with E-state index in [1.165, 1.54) is 32.7 Å². The average molecular weight is 651 g/mol. The molecule has 0 saturated carbocycles. The van der Waals surface area contributed by atoms with Crippen LogP contribution in [-0.2, 0) is 9.68 Å². The molecule has 0 aliphatic carbocycles. The Bertz CT molecular complexity index is 1380. The van der Waals surface area contributed by atoms with Crippen LogP contribution in [0.15, 0.2) is 84.9 Å². The van der Waals surface area contributed by atoms with Crippen molar-refractivity contribution in [1.82, 2.24) is 5.32 Å². The minimum absolute atomic E-state index is 0. The van der Waals surface area contributed by atoms with Gasteiger partial charge in [0.05, 0.1) is 0 Å². The Hall–Kier alpha value is -0.567. The number of alkyl halides is 1. The van der Waals surface area contributed by atoms with E-state index in [1.54, 1.807) is 0 Å². The molecule has 4 aromatic rings. The second-order valence-electron chi connectivity index (χ2n) is 9.10. The molecule has 8 heteroatoms. The zero-order chi connectivity index (χ0) is 30.3. The van der Waals surface area contributed by atoms with E-state index >= 15 is 0 Å². The average Bonchev–Trinajstić information content (AvgIpc) is 3.02. The van der Waals surface area contributed by atoms with Gasteiger partial charge in [0.25, 0.3) is 6.47 Å². The fourth-order valence-electron chi connectivity index (χ4n) is 4.06. The maximum absolute atomic E-state index is 8.64. The van der Waals surface area contributed by atoms with Crippen LogP contribution in [0.3, 0.4) is 0 Å². The number of hydrogen-bond acceptors (Lipinski definition) is 5. The van der Waals surface area contributed by atoms with E-state index in [1.807, 2.05) is 19.1 Å². The molecule has 0 saturated heterocycles. The first-order chi connectivity index (χ1) is 19.9. The summed E-state index contributed by atoms with van der Waals surface area (Å²) in [4.78, 5) is 11.2. The van der Waals surface area contributed by atoms with Gasteiger partial charge in [0, 0.05) is 30.8 Å². The van der Waals surface area contributed by atoms with Crippen LogP contribution in [0.5, 0.6) is 0 Å². The summed E-state index contributed by atoms with van der Waals surface area (Å²) < 4.78 is 0. The molecule has 0 aromatic heterocycles. The van der Waals surface area contributed by atoms with Crippen LogP contribution in [-0.4, -0.2) is 18.9 Å². The smallest absolute Gasteiger partial charge is 1.00 e. The largest absolute Gasteiger partial charge is 1.00 e. The van der Waals surface area contributed by atoms with Crippen LogP contribution < -0.4 is 119 Å². The van der Waals surface area contributed by atoms with Crippen LogP contribution in [0.25, 0.3) is 21.5 Å². The Balaban J connectivity index is -0.000000569. The normalized spacial score (nSPS) is 10.6. The molecule has 0 amide bonds. The van der Waals surface area contributed by atoms with Gasteiger partial charge in [-0.1, -0.05) is 84.9 Å². The van der Waals surface area contributed by atoms with Gasteiger partial charge in [0.15, 0.2) is 0 Å². The standard InChI is InChI=1S/C17H19N.C12H13N.C5H7Cl.CH2O3.2K.H/c1-3-4-7-13-18-14(2)16-12-8-10-15-9-5-6-11-17(15)16;1-9(13)11-8-4-6-10-5-2-3-7-12(10)11;1-2-3-4-5-6;2-1-4-3;;;/h1,5-6,8-12,14,18H,4,7,13H2,2H3;2-9H,13H2,1H3;1H,3-5H2;1,3H;;;/q;;;;2*+1;-1/p-1/t14-;9-;;;;;/m11...../s1. The van der Waals surface area contributed by atoms with E-state index in [-0.39, 0.29) is 117 Å². The molecule has 2 atom stereocenters. The Morgan fingerprint density at radius 2 is 1.30 bits per heavy atom. The van der Waals surface area contributed by atoms with Crippen molar-refractivity contribution in [1.29, 1.82) is 0 Å². The first-order valence-corrected chi connectivity index (χ1v) is 14.1. The van der Waals surface area contributed by atoms with E-state index < -0.39 is 0 Å². The van der Waals surface area contributed by atoms with Gasteiger partial charge in [-0.15, -0.1) is 36.3 Å². The molecule has 3 N–H and O–H groups in total. The van der Waals surface area contributed by atoms with Gasteiger partial charge >= 0.3 is 103 Å². The predicted molar refractivity (Wildman–Crippen MR) is 172 cm³/mol. The van der Waals surface area contributed by atoms with Gasteiger partial charge in [0.1, 0.15) is 0 Å². The van der Waals surface area contributed by atoms with E-state index in [9.17, 15) is 0 Å². The van der Waals surface area contributed by atoms with Crippen molar-refractivity contribution in [2.24, 2.45) is 5.73 Å². The second kappa shape index (κ2) is 28.9. The molecular formula is C35H41ClK2N2O3. The molecule has 0 aliphatic heterocycles. The maximum atomic E-state index is 8.64. The summed E-state index contributed by atoms with van der Waals surface area (Å²) in [7, 11) is 0. The number of unbranched alkanes of at least 4 members (excludes halogenated alkanes) is 2. The number of halogens is 1. The molecule has 0 spiro atoms. The van der Waals surface area contributed by atoms with Gasteiger partial charge in [0.2, 0.25) is 0 Å². The number of carbonyl (C=O) groups excluding carboxylic acids is 1. The Morgan fingerprint density at radius 1 is 0.860 bits per heavy atom. The fraction of sp³-hybridized carbons (Fsp3) is 0.286. The second-order valence-corrected chi connectivity index (χ2v) is 9.48. The number of fused-ring (bicyclic) bond motifs is 2. The Labute approximate surface area is 349 Å². The van der Waals surface area contributed by atoms with E-state index in [2.05, 4.69) is 102 Å². The number of benzene rings is 4. The summed E-state index contributed by atoms with van der Waals surface area (Å²) in [5.74, 6) is 5.84. The van der Waals surface area contributed by atoms with Gasteiger partial charge in [-0.25, -0.2) is 0 Å². The number of rotatable bonds is 9. The molecule has 4 rings (SSSR count). The van der Waals surface area contributed by atoms with Crippen LogP contribution in [0, 0.1) is 24.7 Å². The topological polar surface area (TPSA) is 87.4 Å². The van der Waals surface area contributed by atoms with Gasteiger partial charge in [-0.2, -0.15) is 0 Å². The molecule has 0 fully saturated rings. The molecular weight excluding hydrogens is 610 g/mol. The van der Waals surface area contributed by atoms with Crippen molar-refractivity contribution in [2.45, 2.75) is 51.6 Å². The third-order valence-corrected chi connectivity index (χ3v) is 6.31. The predicted octanol–water partition coefficient (Wildman–Crippen LogP) is 0.957. The van der Waals surface area contributed by atoms with Crippen LogP contribution in [0.1, 0.15) is 64.2 Å². The van der Waals surface area contributed by atoms with Crippen molar-refractivity contribution in [3.63, 3.8) is 0 Å². The summed E-state index contributed by atoms with van der Waals surface area (Å²) in [6.07, 6.45) is 13.8. The molecule has 0 unspecified atom stereocenters. The molecule has 0 bridgehead atoms. The maximum Gasteiger partial charge on any atom is 1.00 e. The number of carbonyl (C=O) groups is 1. The Morgan fingerprint density at radius 3 is 1.74 bits per heavy atom. The summed E-state index contributed by atoms with van der Waals surface area (Å²) in [5, 5.41) is 17.1. The minimum atomic E-state index is -0.181. The summed E-state index contributed by atoms with van der Waals surface area (Å²) >= 11 is 5.28. The van der Waals surface area contributed by atoms with Crippen molar-refractivity contribution in [2.75, 3.05) is 12.4 Å². The van der Waals surface area contributed by atoms with Gasteiger partial charge in [-0.3, -0.25) is 4.79 Å². The molecule has 0 radical (unpaired) electrons. The summed E-state index contributed by atoms with van der Waals surface area (Å²) in [6.45, 7) is 5.01. The van der Waals surface area contributed by atoms with Gasteiger partial charge in [-0.05, 0) is 65.9 Å². The monoisotopic (exact) mass is 650 g/mol. The summed E-state index contributed by atoms with van der Waals surface area (Å²) in [6, 6.07) is 30.0. The molecule has 5 nitrogen and oxygen atoms in total. The van der Waals surface area contributed by atoms with Crippen LogP contribution in [0.4, 0.5) is 0 Å². The zero-order valence-electron chi connectivity index (χ0n) is 26.9. The summed E-state index contributed by atoms with van der Waals surface area (Å²) in [5.41, 5.74) is 8.46. The van der Waals surface area contributed by atoms with Crippen LogP contribution in [0.2, 0.25) is 0 Å². The number of terminal acetylenes is 2. The Kier molecular flexibility index (Phi) is 29.9. The van der Waals surface area contributed by atoms with Crippen molar-refractivity contribution >= 4 is 39.6 Å². The molecule has 4 aromatic carbocycles.